The lowest BCUT2D eigenvalue weighted by Gasteiger charge is -2.46. The van der Waals surface area contributed by atoms with Crippen LogP contribution < -0.4 is 5.32 Å². The van der Waals surface area contributed by atoms with E-state index in [0.29, 0.717) is 12.0 Å². The van der Waals surface area contributed by atoms with E-state index in [1.54, 1.807) is 0 Å². The van der Waals surface area contributed by atoms with Crippen LogP contribution in [0.15, 0.2) is 0 Å². The molecule has 5 heteroatoms. The van der Waals surface area contributed by atoms with Crippen LogP contribution in [0.2, 0.25) is 0 Å². The van der Waals surface area contributed by atoms with Crippen LogP contribution in [0.25, 0.3) is 0 Å². The summed E-state index contributed by atoms with van der Waals surface area (Å²) in [5, 5.41) is 3.46. The van der Waals surface area contributed by atoms with Gasteiger partial charge in [0.2, 0.25) is 0 Å². The van der Waals surface area contributed by atoms with Crippen LogP contribution in [-0.2, 0) is 13.0 Å². The largest absolute Gasteiger partial charge is 0.312 e. The molecular formula is C16H25N5. The number of nitrogens with zero attached hydrogens (tertiary/aromatic N) is 4. The Balaban J connectivity index is 1.73. The van der Waals surface area contributed by atoms with Gasteiger partial charge in [-0.25, -0.2) is 9.97 Å². The minimum atomic E-state index is 0.408. The fourth-order valence-electron chi connectivity index (χ4n) is 3.88. The van der Waals surface area contributed by atoms with Crippen molar-refractivity contribution in [3.05, 3.63) is 22.8 Å². The first-order valence-corrected chi connectivity index (χ1v) is 8.29. The van der Waals surface area contributed by atoms with E-state index in [1.807, 2.05) is 0 Å². The number of hydrogen-bond acceptors (Lipinski definition) is 5. The van der Waals surface area contributed by atoms with Crippen LogP contribution in [-0.4, -0.2) is 59.0 Å². The van der Waals surface area contributed by atoms with Crippen molar-refractivity contribution in [3.63, 3.8) is 0 Å². The first-order chi connectivity index (χ1) is 10.2. The molecule has 5 rings (SSSR count). The number of rotatable bonds is 2. The van der Waals surface area contributed by atoms with Gasteiger partial charge in [0.05, 0.1) is 17.4 Å². The summed E-state index contributed by atoms with van der Waals surface area (Å²) in [6, 6.07) is 0.408. The lowest BCUT2D eigenvalue weighted by Crippen LogP contribution is -2.57. The van der Waals surface area contributed by atoms with Crippen molar-refractivity contribution in [2.75, 3.05) is 39.3 Å². The Kier molecular flexibility index (Phi) is 3.44. The maximum absolute atomic E-state index is 5.01. The van der Waals surface area contributed by atoms with E-state index in [0.717, 1.165) is 31.9 Å². The summed E-state index contributed by atoms with van der Waals surface area (Å²) in [6.07, 6.45) is 1.04. The SMILES string of the molecule is CC(C)c1nc(C2CN3CCN2CC3)nc2c1CNCC2. The molecule has 4 aliphatic rings. The maximum atomic E-state index is 5.01. The second kappa shape index (κ2) is 5.30. The summed E-state index contributed by atoms with van der Waals surface area (Å²) in [4.78, 5) is 15.1. The van der Waals surface area contributed by atoms with E-state index < -0.39 is 0 Å². The van der Waals surface area contributed by atoms with Crippen molar-refractivity contribution in [2.24, 2.45) is 0 Å². The third kappa shape index (κ3) is 2.37. The Morgan fingerprint density at radius 2 is 1.95 bits per heavy atom. The van der Waals surface area contributed by atoms with E-state index in [4.69, 9.17) is 9.97 Å². The molecule has 5 heterocycles. The zero-order valence-corrected chi connectivity index (χ0v) is 13.1. The van der Waals surface area contributed by atoms with E-state index >= 15 is 0 Å². The van der Waals surface area contributed by atoms with E-state index in [-0.39, 0.29) is 0 Å². The average Bonchev–Trinajstić information content (AvgIpc) is 2.54. The molecule has 1 N–H and O–H groups in total. The molecule has 3 fully saturated rings. The van der Waals surface area contributed by atoms with Gasteiger partial charge in [-0.05, 0) is 5.92 Å². The minimum Gasteiger partial charge on any atom is -0.312 e. The smallest absolute Gasteiger partial charge is 0.147 e. The normalized spacial score (nSPS) is 31.5. The van der Waals surface area contributed by atoms with Crippen molar-refractivity contribution in [2.45, 2.75) is 38.8 Å². The number of hydrogen-bond donors (Lipinski definition) is 1. The summed E-state index contributed by atoms with van der Waals surface area (Å²) in [5.41, 5.74) is 3.91. The standard InChI is InChI=1S/C16H25N5/c1-11(2)15-12-9-17-4-3-13(12)18-16(19-15)14-10-20-5-7-21(14)8-6-20/h11,14,17H,3-10H2,1-2H3. The highest BCUT2D eigenvalue weighted by Crippen LogP contribution is 2.30. The molecule has 1 aromatic rings. The first-order valence-electron chi connectivity index (χ1n) is 8.29. The Morgan fingerprint density at radius 3 is 2.62 bits per heavy atom. The average molecular weight is 287 g/mol. The van der Waals surface area contributed by atoms with Crippen LogP contribution >= 0.6 is 0 Å². The van der Waals surface area contributed by atoms with Crippen LogP contribution in [0.1, 0.15) is 48.6 Å². The van der Waals surface area contributed by atoms with E-state index in [2.05, 4.69) is 29.0 Å². The van der Waals surface area contributed by atoms with E-state index in [9.17, 15) is 0 Å². The van der Waals surface area contributed by atoms with Gasteiger partial charge in [-0.15, -0.1) is 0 Å². The van der Waals surface area contributed by atoms with Gasteiger partial charge in [-0.2, -0.15) is 0 Å². The first kappa shape index (κ1) is 13.6. The number of piperazine rings is 3. The second-order valence-corrected chi connectivity index (χ2v) is 6.83. The van der Waals surface area contributed by atoms with Gasteiger partial charge < -0.3 is 5.32 Å². The molecule has 3 saturated heterocycles. The van der Waals surface area contributed by atoms with Crippen LogP contribution in [0.3, 0.4) is 0 Å². The van der Waals surface area contributed by atoms with Crippen LogP contribution in [0.4, 0.5) is 0 Å². The summed E-state index contributed by atoms with van der Waals surface area (Å²) in [7, 11) is 0. The highest BCUT2D eigenvalue weighted by Gasteiger charge is 2.35. The Morgan fingerprint density at radius 1 is 1.14 bits per heavy atom. The van der Waals surface area contributed by atoms with Gasteiger partial charge in [0.15, 0.2) is 0 Å². The number of fused-ring (bicyclic) bond motifs is 4. The molecule has 1 aromatic heterocycles. The Labute approximate surface area is 126 Å². The molecule has 1 unspecified atom stereocenters. The van der Waals surface area contributed by atoms with Gasteiger partial charge in [-0.3, -0.25) is 9.80 Å². The highest BCUT2D eigenvalue weighted by atomic mass is 15.4. The predicted octanol–water partition coefficient (Wildman–Crippen LogP) is 0.918. The van der Waals surface area contributed by atoms with Crippen LogP contribution in [0, 0.1) is 0 Å². The topological polar surface area (TPSA) is 44.3 Å². The summed E-state index contributed by atoms with van der Waals surface area (Å²) in [6.45, 7) is 12.3. The molecule has 21 heavy (non-hydrogen) atoms. The third-order valence-corrected chi connectivity index (χ3v) is 5.11. The molecular weight excluding hydrogens is 262 g/mol. The van der Waals surface area contributed by atoms with Gasteiger partial charge >= 0.3 is 0 Å². The quantitative estimate of drug-likeness (QED) is 0.876. The van der Waals surface area contributed by atoms with Crippen LogP contribution in [0.5, 0.6) is 0 Å². The van der Waals surface area contributed by atoms with Crippen molar-refractivity contribution in [1.29, 1.82) is 0 Å². The van der Waals surface area contributed by atoms with Gasteiger partial charge in [0, 0.05) is 57.8 Å². The molecule has 0 aliphatic carbocycles. The minimum absolute atomic E-state index is 0.408. The summed E-state index contributed by atoms with van der Waals surface area (Å²) < 4.78 is 0. The van der Waals surface area contributed by atoms with Crippen molar-refractivity contribution in [1.82, 2.24) is 25.1 Å². The second-order valence-electron chi connectivity index (χ2n) is 6.83. The van der Waals surface area contributed by atoms with Gasteiger partial charge in [0.25, 0.3) is 0 Å². The Hall–Kier alpha value is -1.04. The zero-order valence-electron chi connectivity index (χ0n) is 13.1. The number of nitrogens with one attached hydrogen (secondary N) is 1. The molecule has 0 radical (unpaired) electrons. The summed E-state index contributed by atoms with van der Waals surface area (Å²) in [5.74, 6) is 1.54. The monoisotopic (exact) mass is 287 g/mol. The van der Waals surface area contributed by atoms with Crippen molar-refractivity contribution in [3.8, 4) is 0 Å². The van der Waals surface area contributed by atoms with Crippen molar-refractivity contribution < 1.29 is 0 Å². The zero-order chi connectivity index (χ0) is 14.4. The lowest BCUT2D eigenvalue weighted by atomic mass is 9.97. The maximum Gasteiger partial charge on any atom is 0.147 e. The van der Waals surface area contributed by atoms with Crippen molar-refractivity contribution >= 4 is 0 Å². The van der Waals surface area contributed by atoms with Gasteiger partial charge in [0.1, 0.15) is 5.82 Å². The van der Waals surface area contributed by atoms with E-state index in [1.165, 1.54) is 43.1 Å². The molecule has 0 amide bonds. The fraction of sp³-hybridized carbons (Fsp3) is 0.750. The molecule has 2 bridgehead atoms. The molecule has 1 atom stereocenters. The molecule has 4 aliphatic heterocycles. The molecule has 5 nitrogen and oxygen atoms in total. The molecule has 0 aromatic carbocycles. The molecule has 0 spiro atoms. The fourth-order valence-corrected chi connectivity index (χ4v) is 3.88. The number of aromatic nitrogens is 2. The molecule has 0 saturated carbocycles. The molecule has 114 valence electrons. The van der Waals surface area contributed by atoms with Gasteiger partial charge in [-0.1, -0.05) is 13.8 Å². The highest BCUT2D eigenvalue weighted by molar-refractivity contribution is 5.31. The summed E-state index contributed by atoms with van der Waals surface area (Å²) >= 11 is 0. The Bertz CT molecular complexity index is 534. The third-order valence-electron chi connectivity index (χ3n) is 5.11. The lowest BCUT2D eigenvalue weighted by molar-refractivity contribution is 0.00841. The predicted molar refractivity (Wildman–Crippen MR) is 82.3 cm³/mol.